The minimum absolute atomic E-state index is 0.00776. The number of nitrogens with one attached hydrogen (secondary N) is 1. The van der Waals surface area contributed by atoms with Crippen LogP contribution < -0.4 is 20.3 Å². The Morgan fingerprint density at radius 3 is 2.38 bits per heavy atom. The van der Waals surface area contributed by atoms with Gasteiger partial charge in [-0.3, -0.25) is 0 Å². The number of hydrogen-bond donors (Lipinski definition) is 3. The van der Waals surface area contributed by atoms with Gasteiger partial charge < -0.3 is 10.5 Å². The lowest BCUT2D eigenvalue weighted by atomic mass is 10.3. The molecule has 0 radical (unpaired) electrons. The molecule has 0 spiro atoms. The lowest BCUT2D eigenvalue weighted by Gasteiger charge is -2.10. The van der Waals surface area contributed by atoms with Crippen LogP contribution in [0, 0.1) is 5.82 Å². The summed E-state index contributed by atoms with van der Waals surface area (Å²) >= 11 is 0. The maximum atomic E-state index is 13.6. The predicted octanol–water partition coefficient (Wildman–Crippen LogP) is -0.627. The molecule has 5 N–H and O–H groups in total. The largest absolute Gasteiger partial charge is 0.492 e. The molecular formula is C10H16FN3O5S2. The summed E-state index contributed by atoms with van der Waals surface area (Å²) in [6, 6.07) is 1.81. The number of sulfonamides is 2. The molecular weight excluding hydrogens is 325 g/mol. The van der Waals surface area contributed by atoms with Gasteiger partial charge in [0.1, 0.15) is 0 Å². The zero-order valence-electron chi connectivity index (χ0n) is 11.2. The Kier molecular flexibility index (Phi) is 5.50. The van der Waals surface area contributed by atoms with Crippen LogP contribution in [0.15, 0.2) is 17.0 Å². The van der Waals surface area contributed by atoms with Crippen LogP contribution in [-0.4, -0.2) is 36.2 Å². The molecule has 120 valence electrons. The van der Waals surface area contributed by atoms with Crippen molar-refractivity contribution < 1.29 is 26.0 Å². The molecule has 0 fully saturated rings. The van der Waals surface area contributed by atoms with E-state index < -0.39 is 25.9 Å². The maximum absolute atomic E-state index is 13.6. The summed E-state index contributed by atoms with van der Waals surface area (Å²) in [4.78, 5) is -0.381. The Balaban J connectivity index is 2.84. The van der Waals surface area contributed by atoms with Gasteiger partial charge in [-0.15, -0.1) is 0 Å². The first kappa shape index (κ1) is 17.6. The van der Waals surface area contributed by atoms with Crippen LogP contribution in [0.4, 0.5) is 10.1 Å². The van der Waals surface area contributed by atoms with E-state index in [1.54, 1.807) is 0 Å². The zero-order chi connectivity index (χ0) is 16.3. The van der Waals surface area contributed by atoms with Gasteiger partial charge in [0.15, 0.2) is 11.6 Å². The van der Waals surface area contributed by atoms with Crippen molar-refractivity contribution in [2.75, 3.05) is 25.1 Å². The second-order valence-electron chi connectivity index (χ2n) is 4.15. The van der Waals surface area contributed by atoms with Gasteiger partial charge in [0.25, 0.3) is 0 Å². The number of primary sulfonamides is 1. The van der Waals surface area contributed by atoms with Crippen LogP contribution >= 0.6 is 0 Å². The molecule has 1 aromatic rings. The minimum Gasteiger partial charge on any atom is -0.492 e. The second-order valence-corrected chi connectivity index (χ2v) is 7.65. The van der Waals surface area contributed by atoms with E-state index in [2.05, 4.69) is 9.46 Å². The van der Waals surface area contributed by atoms with E-state index in [1.807, 2.05) is 0 Å². The number of rotatable bonds is 7. The topological polar surface area (TPSA) is 142 Å². The van der Waals surface area contributed by atoms with Crippen molar-refractivity contribution in [3.05, 3.63) is 17.9 Å². The minimum atomic E-state index is -4.01. The quantitative estimate of drug-likeness (QED) is 0.445. The molecule has 21 heavy (non-hydrogen) atoms. The molecule has 0 atom stereocenters. The van der Waals surface area contributed by atoms with Gasteiger partial charge in [0.05, 0.1) is 23.4 Å². The molecule has 0 saturated heterocycles. The van der Waals surface area contributed by atoms with Crippen molar-refractivity contribution in [2.24, 2.45) is 5.14 Å². The monoisotopic (exact) mass is 341 g/mol. The number of methoxy groups -OCH3 is 1. The fourth-order valence-corrected chi connectivity index (χ4v) is 3.19. The van der Waals surface area contributed by atoms with Gasteiger partial charge in [-0.2, -0.15) is 0 Å². The summed E-state index contributed by atoms with van der Waals surface area (Å²) in [5.41, 5.74) is 5.32. The van der Waals surface area contributed by atoms with Gasteiger partial charge in [0.2, 0.25) is 20.0 Å². The highest BCUT2D eigenvalue weighted by molar-refractivity contribution is 7.89. The molecule has 0 aliphatic heterocycles. The number of anilines is 1. The van der Waals surface area contributed by atoms with E-state index in [9.17, 15) is 21.2 Å². The van der Waals surface area contributed by atoms with E-state index in [0.29, 0.717) is 0 Å². The van der Waals surface area contributed by atoms with Gasteiger partial charge in [0, 0.05) is 6.54 Å². The Morgan fingerprint density at radius 2 is 1.90 bits per heavy atom. The second kappa shape index (κ2) is 6.56. The number of benzene rings is 1. The Hall–Kier alpha value is -1.43. The van der Waals surface area contributed by atoms with E-state index >= 15 is 0 Å². The van der Waals surface area contributed by atoms with Gasteiger partial charge >= 0.3 is 0 Å². The van der Waals surface area contributed by atoms with Crippen LogP contribution in [0.1, 0.15) is 6.42 Å². The van der Waals surface area contributed by atoms with Crippen molar-refractivity contribution in [2.45, 2.75) is 11.3 Å². The summed E-state index contributed by atoms with van der Waals surface area (Å²) in [6.45, 7) is -0.160. The molecule has 0 aliphatic carbocycles. The third-order valence-electron chi connectivity index (χ3n) is 2.46. The van der Waals surface area contributed by atoms with Crippen molar-refractivity contribution in [3.63, 3.8) is 0 Å². The maximum Gasteiger partial charge on any atom is 0.240 e. The smallest absolute Gasteiger partial charge is 0.240 e. The predicted molar refractivity (Wildman–Crippen MR) is 75.1 cm³/mol. The molecule has 0 aromatic heterocycles. The van der Waals surface area contributed by atoms with Crippen molar-refractivity contribution in [1.29, 1.82) is 0 Å². The van der Waals surface area contributed by atoms with Crippen LogP contribution in [0.2, 0.25) is 0 Å². The Bertz CT molecular complexity index is 695. The highest BCUT2D eigenvalue weighted by Gasteiger charge is 2.19. The first-order valence-electron chi connectivity index (χ1n) is 5.70. The normalized spacial score (nSPS) is 12.3. The Labute approximate surface area is 122 Å². The van der Waals surface area contributed by atoms with Crippen LogP contribution in [-0.2, 0) is 20.0 Å². The Morgan fingerprint density at radius 1 is 1.29 bits per heavy atom. The van der Waals surface area contributed by atoms with Crippen LogP contribution in [0.5, 0.6) is 5.75 Å². The van der Waals surface area contributed by atoms with Crippen LogP contribution in [0.25, 0.3) is 0 Å². The average Bonchev–Trinajstić information content (AvgIpc) is 2.33. The van der Waals surface area contributed by atoms with Crippen molar-refractivity contribution in [3.8, 4) is 5.75 Å². The number of halogens is 1. The summed E-state index contributed by atoms with van der Waals surface area (Å²) in [7, 11) is -6.47. The van der Waals surface area contributed by atoms with E-state index in [4.69, 9.17) is 10.9 Å². The molecule has 8 nitrogen and oxygen atoms in total. The van der Waals surface area contributed by atoms with Crippen molar-refractivity contribution >= 4 is 25.7 Å². The molecule has 1 rings (SSSR count). The lowest BCUT2D eigenvalue weighted by molar-refractivity contribution is 0.388. The molecule has 11 heteroatoms. The molecule has 0 bridgehead atoms. The highest BCUT2D eigenvalue weighted by Crippen LogP contribution is 2.28. The number of hydrogen-bond acceptors (Lipinski definition) is 6. The van der Waals surface area contributed by atoms with E-state index in [1.165, 1.54) is 7.11 Å². The van der Waals surface area contributed by atoms with E-state index in [-0.39, 0.29) is 35.1 Å². The number of ether oxygens (including phenoxy) is 1. The van der Waals surface area contributed by atoms with E-state index in [0.717, 1.165) is 12.1 Å². The molecule has 0 unspecified atom stereocenters. The number of nitrogens with two attached hydrogens (primary N) is 2. The molecule has 0 saturated carbocycles. The fraction of sp³-hybridized carbons (Fsp3) is 0.400. The molecule has 1 aromatic carbocycles. The SMILES string of the molecule is COc1c(N)cc(S(=O)(=O)NCCCS(N)(=O)=O)cc1F. The highest BCUT2D eigenvalue weighted by atomic mass is 32.2. The first-order chi connectivity index (χ1) is 9.57. The third kappa shape index (κ3) is 5.12. The van der Waals surface area contributed by atoms with Crippen LogP contribution in [0.3, 0.4) is 0 Å². The van der Waals surface area contributed by atoms with Crippen molar-refractivity contribution in [1.82, 2.24) is 4.72 Å². The third-order valence-corrected chi connectivity index (χ3v) is 4.76. The van der Waals surface area contributed by atoms with Gasteiger partial charge in [-0.25, -0.2) is 31.1 Å². The summed E-state index contributed by atoms with van der Waals surface area (Å²) in [5, 5.41) is 4.78. The fourth-order valence-electron chi connectivity index (χ4n) is 1.52. The zero-order valence-corrected chi connectivity index (χ0v) is 12.8. The number of nitrogen functional groups attached to an aromatic ring is 1. The van der Waals surface area contributed by atoms with Gasteiger partial charge in [-0.05, 0) is 18.6 Å². The molecule has 0 amide bonds. The molecule has 0 heterocycles. The van der Waals surface area contributed by atoms with Gasteiger partial charge in [-0.1, -0.05) is 0 Å². The lowest BCUT2D eigenvalue weighted by Crippen LogP contribution is -2.27. The summed E-state index contributed by atoms with van der Waals surface area (Å²) in [5.74, 6) is -1.53. The summed E-state index contributed by atoms with van der Waals surface area (Å²) < 4.78 is 65.6. The standard InChI is InChI=1S/C10H16FN3O5S2/c1-19-10-8(11)5-7(6-9(10)12)21(17,18)14-3-2-4-20(13,15)16/h5-6,14H,2-4,12H2,1H3,(H2,13,15,16). The average molecular weight is 341 g/mol. The molecule has 0 aliphatic rings. The summed E-state index contributed by atoms with van der Waals surface area (Å²) in [6.07, 6.45) is -0.00776. The first-order valence-corrected chi connectivity index (χ1v) is 8.90.